The van der Waals surface area contributed by atoms with Crippen LogP contribution in [0.25, 0.3) is 0 Å². The second-order valence-electron chi connectivity index (χ2n) is 2.85. The zero-order valence-corrected chi connectivity index (χ0v) is 8.72. The van der Waals surface area contributed by atoms with Crippen LogP contribution in [-0.4, -0.2) is 12.9 Å². The summed E-state index contributed by atoms with van der Waals surface area (Å²) in [7, 11) is 0. The van der Waals surface area contributed by atoms with Crippen molar-refractivity contribution in [1.29, 1.82) is 0 Å². The van der Waals surface area contributed by atoms with Gasteiger partial charge >= 0.3 is 6.61 Å². The van der Waals surface area contributed by atoms with Crippen molar-refractivity contribution in [3.8, 4) is 5.75 Å². The summed E-state index contributed by atoms with van der Waals surface area (Å²) in [6.07, 6.45) is 1.38. The molecule has 0 aliphatic heterocycles. The Morgan fingerprint density at radius 3 is 2.80 bits per heavy atom. The van der Waals surface area contributed by atoms with Crippen LogP contribution in [-0.2, 0) is 11.2 Å². The number of carbonyl (C=O) groups excluding carboxylic acids is 1. The Bertz CT molecular complexity index is 342. The van der Waals surface area contributed by atoms with E-state index in [2.05, 4.69) is 17.4 Å². The maximum atomic E-state index is 12.1. The van der Waals surface area contributed by atoms with Crippen molar-refractivity contribution in [2.75, 3.05) is 0 Å². The summed E-state index contributed by atoms with van der Waals surface area (Å²) in [5.74, 6) is 0.0534. The van der Waals surface area contributed by atoms with E-state index >= 15 is 0 Å². The molecule has 0 radical (unpaired) electrons. The van der Waals surface area contributed by atoms with Gasteiger partial charge in [-0.1, -0.05) is 12.1 Å². The standard InChI is InChI=1S/C10H10F2O2S/c11-10(12)14-9-7(4-2-6-13)3-1-5-8(9)15/h1,3,5-6,10,15H,2,4H2. The van der Waals surface area contributed by atoms with Crippen LogP contribution >= 0.6 is 12.6 Å². The Kier molecular flexibility index (Phi) is 4.55. The van der Waals surface area contributed by atoms with Crippen molar-refractivity contribution >= 4 is 18.9 Å². The van der Waals surface area contributed by atoms with Crippen LogP contribution in [0.15, 0.2) is 23.1 Å². The third-order valence-corrected chi connectivity index (χ3v) is 2.17. The molecule has 1 aromatic rings. The number of alkyl halides is 2. The first-order chi connectivity index (χ1) is 7.15. The molecule has 2 nitrogen and oxygen atoms in total. The van der Waals surface area contributed by atoms with Crippen molar-refractivity contribution in [1.82, 2.24) is 0 Å². The summed E-state index contributed by atoms with van der Waals surface area (Å²) in [4.78, 5) is 10.5. The second kappa shape index (κ2) is 5.70. The highest BCUT2D eigenvalue weighted by molar-refractivity contribution is 7.80. The van der Waals surface area contributed by atoms with E-state index in [0.29, 0.717) is 16.9 Å². The molecule has 0 N–H and O–H groups in total. The number of carbonyl (C=O) groups is 1. The molecule has 0 aromatic heterocycles. The number of benzene rings is 1. The van der Waals surface area contributed by atoms with Gasteiger partial charge < -0.3 is 9.53 Å². The third kappa shape index (κ3) is 3.51. The van der Waals surface area contributed by atoms with Gasteiger partial charge in [0, 0.05) is 11.3 Å². The van der Waals surface area contributed by atoms with Gasteiger partial charge in [0.1, 0.15) is 12.0 Å². The maximum absolute atomic E-state index is 12.1. The Morgan fingerprint density at radius 1 is 1.47 bits per heavy atom. The summed E-state index contributed by atoms with van der Waals surface area (Å²) < 4.78 is 28.5. The van der Waals surface area contributed by atoms with Gasteiger partial charge in [0.15, 0.2) is 0 Å². The quantitative estimate of drug-likeness (QED) is 0.624. The molecule has 0 heterocycles. The zero-order valence-electron chi connectivity index (χ0n) is 7.82. The van der Waals surface area contributed by atoms with E-state index in [4.69, 9.17) is 0 Å². The number of aldehydes is 1. The Balaban J connectivity index is 2.91. The molecule has 0 fully saturated rings. The van der Waals surface area contributed by atoms with E-state index in [1.54, 1.807) is 18.2 Å². The number of aryl methyl sites for hydroxylation is 1. The molecule has 0 bridgehead atoms. The molecule has 0 aliphatic carbocycles. The van der Waals surface area contributed by atoms with Crippen LogP contribution in [0.1, 0.15) is 12.0 Å². The highest BCUT2D eigenvalue weighted by Crippen LogP contribution is 2.29. The largest absolute Gasteiger partial charge is 0.433 e. The van der Waals surface area contributed by atoms with Gasteiger partial charge in [-0.15, -0.1) is 12.6 Å². The second-order valence-corrected chi connectivity index (χ2v) is 3.33. The summed E-state index contributed by atoms with van der Waals surface area (Å²) >= 11 is 4.02. The molecule has 0 saturated heterocycles. The highest BCUT2D eigenvalue weighted by Gasteiger charge is 2.12. The lowest BCUT2D eigenvalue weighted by Gasteiger charge is -2.11. The van der Waals surface area contributed by atoms with E-state index in [1.807, 2.05) is 0 Å². The Labute approximate surface area is 91.7 Å². The lowest BCUT2D eigenvalue weighted by Crippen LogP contribution is -2.05. The number of hydrogen-bond acceptors (Lipinski definition) is 3. The van der Waals surface area contributed by atoms with E-state index in [0.717, 1.165) is 6.29 Å². The van der Waals surface area contributed by atoms with E-state index in [-0.39, 0.29) is 12.2 Å². The first-order valence-electron chi connectivity index (χ1n) is 4.34. The zero-order chi connectivity index (χ0) is 11.3. The van der Waals surface area contributed by atoms with Gasteiger partial charge in [-0.3, -0.25) is 0 Å². The fraction of sp³-hybridized carbons (Fsp3) is 0.300. The topological polar surface area (TPSA) is 26.3 Å². The predicted molar refractivity (Wildman–Crippen MR) is 54.7 cm³/mol. The average Bonchev–Trinajstić information content (AvgIpc) is 2.18. The smallest absolute Gasteiger partial charge is 0.387 e. The number of para-hydroxylation sites is 1. The SMILES string of the molecule is O=CCCc1cccc(S)c1OC(F)F. The summed E-state index contributed by atoms with van der Waals surface area (Å²) in [5.41, 5.74) is 0.565. The van der Waals surface area contributed by atoms with Crippen molar-refractivity contribution in [2.24, 2.45) is 0 Å². The van der Waals surface area contributed by atoms with Crippen LogP contribution < -0.4 is 4.74 Å². The molecular weight excluding hydrogens is 222 g/mol. The van der Waals surface area contributed by atoms with Crippen LogP contribution in [0.2, 0.25) is 0 Å². The highest BCUT2D eigenvalue weighted by atomic mass is 32.1. The molecular formula is C10H10F2O2S. The van der Waals surface area contributed by atoms with Gasteiger partial charge in [0.25, 0.3) is 0 Å². The lowest BCUT2D eigenvalue weighted by atomic mass is 10.1. The Hall–Kier alpha value is -1.10. The van der Waals surface area contributed by atoms with Gasteiger partial charge in [-0.2, -0.15) is 8.78 Å². The molecule has 1 rings (SSSR count). The van der Waals surface area contributed by atoms with Crippen molar-refractivity contribution in [3.63, 3.8) is 0 Å². The first kappa shape index (κ1) is 12.0. The average molecular weight is 232 g/mol. The fourth-order valence-electron chi connectivity index (χ4n) is 1.21. The van der Waals surface area contributed by atoms with Crippen LogP contribution in [0.4, 0.5) is 8.78 Å². The minimum Gasteiger partial charge on any atom is -0.433 e. The van der Waals surface area contributed by atoms with E-state index < -0.39 is 6.61 Å². The molecule has 0 atom stereocenters. The molecule has 82 valence electrons. The molecule has 15 heavy (non-hydrogen) atoms. The summed E-state index contributed by atoms with van der Waals surface area (Å²) in [6, 6.07) is 4.88. The maximum Gasteiger partial charge on any atom is 0.387 e. The minimum absolute atomic E-state index is 0.0534. The number of ether oxygens (including phenoxy) is 1. The number of thiol groups is 1. The normalized spacial score (nSPS) is 10.4. The van der Waals surface area contributed by atoms with Crippen molar-refractivity contribution in [2.45, 2.75) is 24.3 Å². The number of hydrogen-bond donors (Lipinski definition) is 1. The molecule has 1 aromatic carbocycles. The fourth-order valence-corrected chi connectivity index (χ4v) is 1.49. The van der Waals surface area contributed by atoms with E-state index in [9.17, 15) is 13.6 Å². The summed E-state index contributed by atoms with van der Waals surface area (Å²) in [6.45, 7) is -2.88. The van der Waals surface area contributed by atoms with Gasteiger partial charge in [-0.25, -0.2) is 0 Å². The van der Waals surface area contributed by atoms with E-state index in [1.165, 1.54) is 0 Å². The molecule has 0 unspecified atom stereocenters. The molecule has 0 saturated carbocycles. The van der Waals surface area contributed by atoms with Crippen molar-refractivity contribution in [3.05, 3.63) is 23.8 Å². The number of rotatable bonds is 5. The Morgan fingerprint density at radius 2 is 2.20 bits per heavy atom. The monoisotopic (exact) mass is 232 g/mol. The molecule has 0 amide bonds. The minimum atomic E-state index is -2.88. The lowest BCUT2D eigenvalue weighted by molar-refractivity contribution is -0.107. The molecule has 0 spiro atoms. The third-order valence-electron chi connectivity index (χ3n) is 1.81. The summed E-state index contributed by atoms with van der Waals surface area (Å²) in [5, 5.41) is 0. The molecule has 0 aliphatic rings. The van der Waals surface area contributed by atoms with Gasteiger partial charge in [-0.05, 0) is 18.1 Å². The van der Waals surface area contributed by atoms with Gasteiger partial charge in [0.05, 0.1) is 0 Å². The predicted octanol–water partition coefficient (Wildman–Crippen LogP) is 2.71. The first-order valence-corrected chi connectivity index (χ1v) is 4.79. The molecule has 5 heteroatoms. The van der Waals surface area contributed by atoms with Crippen LogP contribution in [0.3, 0.4) is 0 Å². The van der Waals surface area contributed by atoms with Gasteiger partial charge in [0.2, 0.25) is 0 Å². The van der Waals surface area contributed by atoms with Crippen LogP contribution in [0, 0.1) is 0 Å². The number of halogens is 2. The van der Waals surface area contributed by atoms with Crippen LogP contribution in [0.5, 0.6) is 5.75 Å². The van der Waals surface area contributed by atoms with Crippen molar-refractivity contribution < 1.29 is 18.3 Å².